The van der Waals surface area contributed by atoms with Gasteiger partial charge in [0.1, 0.15) is 5.76 Å². The lowest BCUT2D eigenvalue weighted by atomic mass is 9.80. The summed E-state index contributed by atoms with van der Waals surface area (Å²) in [6.45, 7) is 11.9. The maximum atomic E-state index is 6.24. The summed E-state index contributed by atoms with van der Waals surface area (Å²) >= 11 is 3.40. The molecule has 2 atom stereocenters. The number of hydrogen-bond acceptors (Lipinski definition) is 3. The molecule has 1 N–H and O–H groups in total. The summed E-state index contributed by atoms with van der Waals surface area (Å²) in [6, 6.07) is 4.21. The molecular weight excluding hydrogens is 318 g/mol. The third-order valence-corrected chi connectivity index (χ3v) is 4.49. The molecule has 1 aromatic rings. The van der Waals surface area contributed by atoms with Crippen molar-refractivity contribution in [1.29, 1.82) is 0 Å². The molecular formula is C16H26BrNO2. The molecule has 1 aliphatic heterocycles. The third-order valence-electron chi connectivity index (χ3n) is 4.06. The molecule has 20 heavy (non-hydrogen) atoms. The second-order valence-corrected chi connectivity index (χ2v) is 7.63. The highest BCUT2D eigenvalue weighted by Crippen LogP contribution is 2.48. The highest BCUT2D eigenvalue weighted by molar-refractivity contribution is 9.10. The molecule has 3 nitrogen and oxygen atoms in total. The van der Waals surface area contributed by atoms with Crippen LogP contribution < -0.4 is 5.32 Å². The van der Waals surface area contributed by atoms with Crippen LogP contribution in [0.4, 0.5) is 0 Å². The number of nitrogens with one attached hydrogen (secondary N) is 1. The van der Waals surface area contributed by atoms with Gasteiger partial charge in [-0.25, -0.2) is 0 Å². The molecule has 0 spiro atoms. The van der Waals surface area contributed by atoms with Crippen LogP contribution in [0, 0.1) is 5.92 Å². The molecule has 0 radical (unpaired) electrons. The van der Waals surface area contributed by atoms with Crippen molar-refractivity contribution in [2.24, 2.45) is 5.92 Å². The van der Waals surface area contributed by atoms with Crippen molar-refractivity contribution in [3.8, 4) is 0 Å². The Morgan fingerprint density at radius 3 is 2.50 bits per heavy atom. The summed E-state index contributed by atoms with van der Waals surface area (Å²) < 4.78 is 12.8. The summed E-state index contributed by atoms with van der Waals surface area (Å²) in [5.41, 5.74) is -0.238. The second-order valence-electron chi connectivity index (χ2n) is 6.85. The maximum Gasteiger partial charge on any atom is 0.169 e. The van der Waals surface area contributed by atoms with E-state index in [4.69, 9.17) is 9.15 Å². The van der Waals surface area contributed by atoms with Crippen LogP contribution in [0.1, 0.15) is 59.3 Å². The normalized spacial score (nSPS) is 25.8. The van der Waals surface area contributed by atoms with Crippen LogP contribution in [0.2, 0.25) is 0 Å². The van der Waals surface area contributed by atoms with E-state index in [1.54, 1.807) is 0 Å². The number of hydrogen-bond donors (Lipinski definition) is 1. The van der Waals surface area contributed by atoms with Crippen LogP contribution >= 0.6 is 15.9 Å². The van der Waals surface area contributed by atoms with Crippen LogP contribution in [-0.4, -0.2) is 17.7 Å². The number of rotatable bonds is 5. The average Bonchev–Trinajstić information content (AvgIpc) is 2.81. The Balaban J connectivity index is 2.27. The molecule has 0 amide bonds. The maximum absolute atomic E-state index is 6.24. The lowest BCUT2D eigenvalue weighted by molar-refractivity contribution is -0.0785. The molecule has 1 saturated heterocycles. The van der Waals surface area contributed by atoms with E-state index in [1.807, 2.05) is 6.07 Å². The van der Waals surface area contributed by atoms with E-state index in [0.29, 0.717) is 5.92 Å². The van der Waals surface area contributed by atoms with Gasteiger partial charge in [0.15, 0.2) is 4.67 Å². The quantitative estimate of drug-likeness (QED) is 0.842. The van der Waals surface area contributed by atoms with E-state index >= 15 is 0 Å². The molecule has 2 unspecified atom stereocenters. The van der Waals surface area contributed by atoms with Crippen molar-refractivity contribution in [2.75, 3.05) is 6.54 Å². The van der Waals surface area contributed by atoms with Gasteiger partial charge in [-0.2, -0.15) is 0 Å². The molecule has 0 aromatic carbocycles. The molecule has 4 heteroatoms. The Hall–Kier alpha value is -0.320. The fourth-order valence-electron chi connectivity index (χ4n) is 3.36. The van der Waals surface area contributed by atoms with Crippen LogP contribution in [0.15, 0.2) is 21.2 Å². The van der Waals surface area contributed by atoms with E-state index in [9.17, 15) is 0 Å². The van der Waals surface area contributed by atoms with Gasteiger partial charge in [0.25, 0.3) is 0 Å². The molecule has 1 fully saturated rings. The van der Waals surface area contributed by atoms with Crippen LogP contribution in [0.5, 0.6) is 0 Å². The molecule has 1 aromatic heterocycles. The summed E-state index contributed by atoms with van der Waals surface area (Å²) in [4.78, 5) is 0. The van der Waals surface area contributed by atoms with Crippen LogP contribution in [0.3, 0.4) is 0 Å². The fraction of sp³-hybridized carbons (Fsp3) is 0.750. The lowest BCUT2D eigenvalue weighted by Crippen LogP contribution is -2.38. The van der Waals surface area contributed by atoms with Crippen molar-refractivity contribution in [2.45, 2.75) is 64.7 Å². The van der Waals surface area contributed by atoms with Crippen molar-refractivity contribution in [1.82, 2.24) is 5.32 Å². The molecule has 0 aliphatic carbocycles. The Morgan fingerprint density at radius 2 is 2.05 bits per heavy atom. The Labute approximate surface area is 130 Å². The van der Waals surface area contributed by atoms with Crippen molar-refractivity contribution < 1.29 is 9.15 Å². The summed E-state index contributed by atoms with van der Waals surface area (Å²) in [7, 11) is 0. The minimum absolute atomic E-state index is 0.0792. The Morgan fingerprint density at radius 1 is 1.35 bits per heavy atom. The van der Waals surface area contributed by atoms with E-state index in [0.717, 1.165) is 29.8 Å². The van der Waals surface area contributed by atoms with Gasteiger partial charge in [-0.05, 0) is 75.1 Å². The van der Waals surface area contributed by atoms with Gasteiger partial charge in [0, 0.05) is 5.92 Å². The van der Waals surface area contributed by atoms with Crippen molar-refractivity contribution >= 4 is 15.9 Å². The van der Waals surface area contributed by atoms with E-state index in [-0.39, 0.29) is 17.2 Å². The van der Waals surface area contributed by atoms with Gasteiger partial charge in [-0.3, -0.25) is 0 Å². The minimum atomic E-state index is -0.159. The molecule has 1 aliphatic rings. The van der Waals surface area contributed by atoms with Gasteiger partial charge in [-0.1, -0.05) is 6.92 Å². The molecule has 2 rings (SSSR count). The summed E-state index contributed by atoms with van der Waals surface area (Å²) in [5.74, 6) is 1.38. The smallest absolute Gasteiger partial charge is 0.169 e. The lowest BCUT2D eigenvalue weighted by Gasteiger charge is -2.32. The number of furan rings is 1. The van der Waals surface area contributed by atoms with Crippen molar-refractivity contribution in [3.63, 3.8) is 0 Å². The first-order chi connectivity index (χ1) is 9.25. The van der Waals surface area contributed by atoms with E-state index in [1.165, 1.54) is 0 Å². The van der Waals surface area contributed by atoms with E-state index in [2.05, 4.69) is 61.9 Å². The van der Waals surface area contributed by atoms with Gasteiger partial charge < -0.3 is 14.5 Å². The Kier molecular flexibility index (Phi) is 4.67. The zero-order chi connectivity index (χ0) is 15.0. The molecule has 2 heterocycles. The van der Waals surface area contributed by atoms with Crippen LogP contribution in [-0.2, 0) is 4.74 Å². The molecule has 0 saturated carbocycles. The SMILES string of the molecule is CCCNC(c1ccc(Br)o1)C1CC(C)(C)OC1(C)C. The first-order valence-corrected chi connectivity index (χ1v) is 8.23. The first kappa shape index (κ1) is 16.1. The topological polar surface area (TPSA) is 34.4 Å². The second kappa shape index (κ2) is 5.82. The van der Waals surface area contributed by atoms with Crippen LogP contribution in [0.25, 0.3) is 0 Å². The van der Waals surface area contributed by atoms with E-state index < -0.39 is 0 Å². The van der Waals surface area contributed by atoms with Gasteiger partial charge in [0.2, 0.25) is 0 Å². The predicted octanol–water partition coefficient (Wildman–Crippen LogP) is 4.68. The third kappa shape index (κ3) is 3.46. The largest absolute Gasteiger partial charge is 0.453 e. The molecule has 0 bridgehead atoms. The predicted molar refractivity (Wildman–Crippen MR) is 84.8 cm³/mol. The molecule has 114 valence electrons. The zero-order valence-corrected chi connectivity index (χ0v) is 14.7. The number of halogens is 1. The minimum Gasteiger partial charge on any atom is -0.453 e. The fourth-order valence-corrected chi connectivity index (χ4v) is 3.68. The summed E-state index contributed by atoms with van der Waals surface area (Å²) in [6.07, 6.45) is 2.13. The number of ether oxygens (including phenoxy) is 1. The van der Waals surface area contributed by atoms with Crippen molar-refractivity contribution in [3.05, 3.63) is 22.6 Å². The standard InChI is InChI=1S/C16H26BrNO2/c1-6-9-18-14(12-7-8-13(17)19-12)11-10-15(2,3)20-16(11,4)5/h7-8,11,14,18H,6,9-10H2,1-5H3. The van der Waals surface area contributed by atoms with Gasteiger partial charge in [0.05, 0.1) is 17.2 Å². The monoisotopic (exact) mass is 343 g/mol. The average molecular weight is 344 g/mol. The Bertz CT molecular complexity index is 453. The summed E-state index contributed by atoms with van der Waals surface area (Å²) in [5, 5.41) is 3.64. The highest BCUT2D eigenvalue weighted by atomic mass is 79.9. The van der Waals surface area contributed by atoms with Gasteiger partial charge in [-0.15, -0.1) is 0 Å². The first-order valence-electron chi connectivity index (χ1n) is 7.44. The zero-order valence-electron chi connectivity index (χ0n) is 13.1. The highest BCUT2D eigenvalue weighted by Gasteiger charge is 2.49. The van der Waals surface area contributed by atoms with Gasteiger partial charge >= 0.3 is 0 Å².